The van der Waals surface area contributed by atoms with Gasteiger partial charge in [0.15, 0.2) is 0 Å². The summed E-state index contributed by atoms with van der Waals surface area (Å²) in [5, 5.41) is 2.66. The lowest BCUT2D eigenvalue weighted by molar-refractivity contribution is -0.125. The van der Waals surface area contributed by atoms with Crippen molar-refractivity contribution >= 4 is 11.8 Å². The second-order valence-corrected chi connectivity index (χ2v) is 4.15. The summed E-state index contributed by atoms with van der Waals surface area (Å²) in [4.78, 5) is 22.2. The van der Waals surface area contributed by atoms with E-state index >= 15 is 0 Å². The van der Waals surface area contributed by atoms with Crippen molar-refractivity contribution in [2.24, 2.45) is 11.5 Å². The minimum Gasteiger partial charge on any atom is -0.370 e. The predicted molar refractivity (Wildman–Crippen MR) is 58.8 cm³/mol. The van der Waals surface area contributed by atoms with Gasteiger partial charge in [0, 0.05) is 12.0 Å². The second-order valence-electron chi connectivity index (χ2n) is 4.15. The number of carbonyl (C=O) groups is 2. The van der Waals surface area contributed by atoms with Crippen molar-refractivity contribution in [3.8, 4) is 0 Å². The van der Waals surface area contributed by atoms with Crippen molar-refractivity contribution in [1.29, 1.82) is 0 Å². The fourth-order valence-electron chi connectivity index (χ4n) is 1.19. The van der Waals surface area contributed by atoms with Gasteiger partial charge in [-0.1, -0.05) is 6.08 Å². The molecule has 0 aliphatic heterocycles. The van der Waals surface area contributed by atoms with Crippen LogP contribution in [0.25, 0.3) is 0 Å². The van der Waals surface area contributed by atoms with Crippen LogP contribution in [0, 0.1) is 0 Å². The topological polar surface area (TPSA) is 98.2 Å². The van der Waals surface area contributed by atoms with Gasteiger partial charge in [-0.05, 0) is 20.3 Å². The molecule has 0 bridgehead atoms. The van der Waals surface area contributed by atoms with E-state index in [9.17, 15) is 9.59 Å². The number of nitrogens with two attached hydrogens (primary N) is 2. The van der Waals surface area contributed by atoms with E-state index in [1.165, 1.54) is 0 Å². The Labute approximate surface area is 89.9 Å². The Hall–Kier alpha value is -1.36. The number of nitrogens with one attached hydrogen (secondary N) is 1. The summed E-state index contributed by atoms with van der Waals surface area (Å²) in [5.41, 5.74) is 9.95. The Balaban J connectivity index is 4.25. The predicted octanol–water partition coefficient (Wildman–Crippen LogP) is -0.340. The molecule has 0 aliphatic rings. The zero-order chi connectivity index (χ0) is 12.1. The van der Waals surface area contributed by atoms with Crippen LogP contribution in [0.5, 0.6) is 0 Å². The Morgan fingerprint density at radius 3 is 2.47 bits per heavy atom. The molecule has 0 rings (SSSR count). The molecule has 0 radical (unpaired) electrons. The maximum absolute atomic E-state index is 11.5. The minimum absolute atomic E-state index is 0.0829. The zero-order valence-corrected chi connectivity index (χ0v) is 9.25. The van der Waals surface area contributed by atoms with Crippen LogP contribution in [0.1, 0.15) is 26.7 Å². The fourth-order valence-corrected chi connectivity index (χ4v) is 1.19. The third-order valence-corrected chi connectivity index (χ3v) is 1.84. The van der Waals surface area contributed by atoms with Crippen molar-refractivity contribution < 1.29 is 9.59 Å². The molecule has 5 heteroatoms. The van der Waals surface area contributed by atoms with E-state index in [4.69, 9.17) is 11.5 Å². The summed E-state index contributed by atoms with van der Waals surface area (Å²) in [7, 11) is 0. The quantitative estimate of drug-likeness (QED) is 0.526. The van der Waals surface area contributed by atoms with E-state index in [1.807, 2.05) is 0 Å². The highest BCUT2D eigenvalue weighted by Crippen LogP contribution is 2.07. The van der Waals surface area contributed by atoms with E-state index in [1.54, 1.807) is 19.9 Å². The third-order valence-electron chi connectivity index (χ3n) is 1.84. The smallest absolute Gasteiger partial charge is 0.237 e. The molecule has 0 heterocycles. The molecule has 15 heavy (non-hydrogen) atoms. The number of hydrogen-bond acceptors (Lipinski definition) is 3. The molecule has 0 saturated heterocycles. The highest BCUT2D eigenvalue weighted by atomic mass is 16.2. The van der Waals surface area contributed by atoms with E-state index in [-0.39, 0.29) is 12.3 Å². The van der Waals surface area contributed by atoms with Crippen molar-refractivity contribution in [2.45, 2.75) is 38.3 Å². The summed E-state index contributed by atoms with van der Waals surface area (Å²) in [6.45, 7) is 6.93. The highest BCUT2D eigenvalue weighted by molar-refractivity contribution is 5.83. The minimum atomic E-state index is -0.665. The summed E-state index contributed by atoms with van der Waals surface area (Å²) < 4.78 is 0. The molecule has 86 valence electrons. The number of amides is 2. The zero-order valence-electron chi connectivity index (χ0n) is 9.25. The third kappa shape index (κ3) is 5.85. The SMILES string of the molecule is C=CCC(N)C(=O)NC(C)(C)CC(N)=O. The second kappa shape index (κ2) is 5.50. The first-order valence-electron chi connectivity index (χ1n) is 4.75. The van der Waals surface area contributed by atoms with Gasteiger partial charge in [-0.25, -0.2) is 0 Å². The van der Waals surface area contributed by atoms with Crippen LogP contribution in [0.15, 0.2) is 12.7 Å². The van der Waals surface area contributed by atoms with Gasteiger partial charge in [0.2, 0.25) is 11.8 Å². The molecular formula is C10H19N3O2. The Kier molecular flexibility index (Phi) is 5.00. The van der Waals surface area contributed by atoms with Gasteiger partial charge in [0.1, 0.15) is 0 Å². The maximum Gasteiger partial charge on any atom is 0.237 e. The van der Waals surface area contributed by atoms with E-state index < -0.39 is 17.5 Å². The van der Waals surface area contributed by atoms with E-state index in [0.29, 0.717) is 6.42 Å². The van der Waals surface area contributed by atoms with Crippen molar-refractivity contribution in [3.63, 3.8) is 0 Å². The molecule has 0 aliphatic carbocycles. The molecule has 5 nitrogen and oxygen atoms in total. The Morgan fingerprint density at radius 1 is 1.53 bits per heavy atom. The molecule has 0 fully saturated rings. The molecular weight excluding hydrogens is 194 g/mol. The molecule has 1 atom stereocenters. The molecule has 0 aromatic heterocycles. The van der Waals surface area contributed by atoms with Gasteiger partial charge >= 0.3 is 0 Å². The van der Waals surface area contributed by atoms with Crippen LogP contribution < -0.4 is 16.8 Å². The Morgan fingerprint density at radius 2 is 2.07 bits per heavy atom. The molecule has 1 unspecified atom stereocenters. The van der Waals surface area contributed by atoms with Crippen molar-refractivity contribution in [3.05, 3.63) is 12.7 Å². The van der Waals surface area contributed by atoms with Gasteiger partial charge in [-0.3, -0.25) is 9.59 Å². The number of rotatable bonds is 6. The molecule has 0 saturated carbocycles. The lowest BCUT2D eigenvalue weighted by Crippen LogP contribution is -2.51. The summed E-state index contributed by atoms with van der Waals surface area (Å²) in [6.07, 6.45) is 2.06. The molecule has 0 aromatic rings. The maximum atomic E-state index is 11.5. The monoisotopic (exact) mass is 213 g/mol. The molecule has 2 amide bonds. The number of hydrogen-bond donors (Lipinski definition) is 3. The number of carbonyl (C=O) groups excluding carboxylic acids is 2. The Bertz CT molecular complexity index is 261. The van der Waals surface area contributed by atoms with Crippen LogP contribution in [0.4, 0.5) is 0 Å². The number of primary amides is 1. The van der Waals surface area contributed by atoms with E-state index in [0.717, 1.165) is 0 Å². The molecule has 5 N–H and O–H groups in total. The van der Waals surface area contributed by atoms with Gasteiger partial charge in [-0.15, -0.1) is 6.58 Å². The van der Waals surface area contributed by atoms with E-state index in [2.05, 4.69) is 11.9 Å². The van der Waals surface area contributed by atoms with Crippen LogP contribution >= 0.6 is 0 Å². The first-order chi connectivity index (χ1) is 6.78. The fraction of sp³-hybridized carbons (Fsp3) is 0.600. The van der Waals surface area contributed by atoms with Crippen molar-refractivity contribution in [1.82, 2.24) is 5.32 Å². The molecule has 0 spiro atoms. The molecule has 0 aromatic carbocycles. The summed E-state index contributed by atoms with van der Waals surface area (Å²) in [6, 6.07) is -0.630. The van der Waals surface area contributed by atoms with Crippen LogP contribution in [0.2, 0.25) is 0 Å². The largest absolute Gasteiger partial charge is 0.370 e. The normalized spacial score (nSPS) is 13.0. The van der Waals surface area contributed by atoms with Gasteiger partial charge in [0.25, 0.3) is 0 Å². The van der Waals surface area contributed by atoms with Gasteiger partial charge in [-0.2, -0.15) is 0 Å². The van der Waals surface area contributed by atoms with Gasteiger partial charge in [0.05, 0.1) is 6.04 Å². The summed E-state index contributed by atoms with van der Waals surface area (Å²) >= 11 is 0. The van der Waals surface area contributed by atoms with Crippen LogP contribution in [-0.4, -0.2) is 23.4 Å². The highest BCUT2D eigenvalue weighted by Gasteiger charge is 2.24. The lowest BCUT2D eigenvalue weighted by atomic mass is 9.99. The van der Waals surface area contributed by atoms with Gasteiger partial charge < -0.3 is 16.8 Å². The van der Waals surface area contributed by atoms with Crippen molar-refractivity contribution in [2.75, 3.05) is 0 Å². The van der Waals surface area contributed by atoms with Crippen LogP contribution in [0.3, 0.4) is 0 Å². The first-order valence-corrected chi connectivity index (χ1v) is 4.75. The standard InChI is InChI=1S/C10H19N3O2/c1-4-5-7(11)9(15)13-10(2,3)6-8(12)14/h4,7H,1,5-6,11H2,2-3H3,(H2,12,14)(H,13,15). The lowest BCUT2D eigenvalue weighted by Gasteiger charge is -2.26. The summed E-state index contributed by atoms with van der Waals surface area (Å²) in [5.74, 6) is -0.765. The average molecular weight is 213 g/mol. The van der Waals surface area contributed by atoms with Crippen LogP contribution in [-0.2, 0) is 9.59 Å². The average Bonchev–Trinajstić information content (AvgIpc) is 2.00. The first kappa shape index (κ1) is 13.6.